The van der Waals surface area contributed by atoms with Gasteiger partial charge in [-0.2, -0.15) is 5.26 Å². The van der Waals surface area contributed by atoms with Crippen LogP contribution in [0, 0.1) is 11.3 Å². The summed E-state index contributed by atoms with van der Waals surface area (Å²) in [5.74, 6) is -1.34. The SMILES string of the molecule is CNC(=O)Cn1c(SCC(=O)O)nc2ccc(C#N)cc21. The summed E-state index contributed by atoms with van der Waals surface area (Å²) in [6.45, 7) is 0.0177. The third kappa shape index (κ3) is 3.32. The number of imidazole rings is 1. The maximum absolute atomic E-state index is 11.6. The minimum absolute atomic E-state index is 0.0177. The molecule has 108 valence electrons. The first-order valence-electron chi connectivity index (χ1n) is 6.00. The number of carboxylic acid groups (broad SMARTS) is 1. The molecule has 2 N–H and O–H groups in total. The summed E-state index contributed by atoms with van der Waals surface area (Å²) in [5, 5.41) is 20.7. The Balaban J connectivity index is 2.50. The van der Waals surface area contributed by atoms with E-state index in [1.807, 2.05) is 6.07 Å². The number of rotatable bonds is 5. The molecule has 1 amide bonds. The van der Waals surface area contributed by atoms with Crippen molar-refractivity contribution in [2.24, 2.45) is 0 Å². The van der Waals surface area contributed by atoms with Crippen LogP contribution in [-0.2, 0) is 16.1 Å². The predicted molar refractivity (Wildman–Crippen MR) is 76.9 cm³/mol. The summed E-state index contributed by atoms with van der Waals surface area (Å²) in [6, 6.07) is 6.98. The molecule has 7 nitrogen and oxygen atoms in total. The van der Waals surface area contributed by atoms with E-state index in [4.69, 9.17) is 10.4 Å². The molecular formula is C13H12N4O3S. The molecule has 0 saturated heterocycles. The van der Waals surface area contributed by atoms with Crippen LogP contribution in [0.3, 0.4) is 0 Å². The number of carboxylic acids is 1. The van der Waals surface area contributed by atoms with E-state index >= 15 is 0 Å². The van der Waals surface area contributed by atoms with Gasteiger partial charge < -0.3 is 15.0 Å². The van der Waals surface area contributed by atoms with E-state index in [1.54, 1.807) is 22.8 Å². The van der Waals surface area contributed by atoms with Crippen molar-refractivity contribution in [1.82, 2.24) is 14.9 Å². The van der Waals surface area contributed by atoms with E-state index in [9.17, 15) is 9.59 Å². The fourth-order valence-electron chi connectivity index (χ4n) is 1.78. The zero-order chi connectivity index (χ0) is 15.4. The first kappa shape index (κ1) is 14.9. The number of nitrogens with one attached hydrogen (secondary N) is 1. The average molecular weight is 304 g/mol. The number of aliphatic carboxylic acids is 1. The molecule has 0 fully saturated rings. The number of likely N-dealkylation sites (N-methyl/N-ethyl adjacent to an activating group) is 1. The Morgan fingerprint density at radius 1 is 1.52 bits per heavy atom. The zero-order valence-corrected chi connectivity index (χ0v) is 12.0. The van der Waals surface area contributed by atoms with Crippen molar-refractivity contribution in [2.75, 3.05) is 12.8 Å². The third-order valence-corrected chi connectivity index (χ3v) is 3.71. The molecule has 0 aliphatic heterocycles. The number of hydrogen-bond donors (Lipinski definition) is 2. The average Bonchev–Trinajstić information content (AvgIpc) is 2.82. The summed E-state index contributed by atoms with van der Waals surface area (Å²) >= 11 is 1.04. The van der Waals surface area contributed by atoms with Crippen LogP contribution in [0.15, 0.2) is 23.4 Å². The smallest absolute Gasteiger partial charge is 0.313 e. The molecule has 1 aromatic heterocycles. The standard InChI is InChI=1S/C13H12N4O3S/c1-15-11(18)6-17-10-4-8(5-14)2-3-9(10)16-13(17)21-7-12(19)20/h2-4H,6-7H2,1H3,(H,15,18)(H,19,20). The summed E-state index contributed by atoms with van der Waals surface area (Å²) in [4.78, 5) is 26.6. The number of nitrogens with zero attached hydrogens (tertiary/aromatic N) is 3. The molecule has 0 unspecified atom stereocenters. The van der Waals surface area contributed by atoms with Crippen molar-refractivity contribution in [2.45, 2.75) is 11.7 Å². The van der Waals surface area contributed by atoms with Crippen LogP contribution < -0.4 is 5.32 Å². The van der Waals surface area contributed by atoms with Gasteiger partial charge in [0.2, 0.25) is 5.91 Å². The van der Waals surface area contributed by atoms with Crippen LogP contribution in [0.2, 0.25) is 0 Å². The Morgan fingerprint density at radius 2 is 2.29 bits per heavy atom. The number of amides is 1. The second kappa shape index (κ2) is 6.28. The van der Waals surface area contributed by atoms with E-state index in [1.165, 1.54) is 7.05 Å². The van der Waals surface area contributed by atoms with Gasteiger partial charge in [0.05, 0.1) is 28.4 Å². The van der Waals surface area contributed by atoms with Crippen molar-refractivity contribution >= 4 is 34.7 Å². The summed E-state index contributed by atoms with van der Waals surface area (Å²) in [7, 11) is 1.52. The Morgan fingerprint density at radius 3 is 2.90 bits per heavy atom. The zero-order valence-electron chi connectivity index (χ0n) is 11.2. The van der Waals surface area contributed by atoms with Gasteiger partial charge in [0.25, 0.3) is 0 Å². The van der Waals surface area contributed by atoms with E-state index in [0.717, 1.165) is 11.8 Å². The minimum atomic E-state index is -0.962. The molecule has 0 atom stereocenters. The van der Waals surface area contributed by atoms with Crippen LogP contribution in [0.25, 0.3) is 11.0 Å². The molecule has 8 heteroatoms. The van der Waals surface area contributed by atoms with Gasteiger partial charge in [0, 0.05) is 7.05 Å². The molecule has 0 bridgehead atoms. The van der Waals surface area contributed by atoms with Crippen LogP contribution in [-0.4, -0.2) is 39.3 Å². The van der Waals surface area contributed by atoms with Gasteiger partial charge in [-0.3, -0.25) is 9.59 Å². The summed E-state index contributed by atoms with van der Waals surface area (Å²) in [5.41, 5.74) is 1.70. The number of aromatic nitrogens is 2. The molecule has 21 heavy (non-hydrogen) atoms. The summed E-state index contributed by atoms with van der Waals surface area (Å²) < 4.78 is 1.61. The lowest BCUT2D eigenvalue weighted by atomic mass is 10.2. The van der Waals surface area contributed by atoms with Gasteiger partial charge in [0.1, 0.15) is 6.54 Å². The Bertz CT molecular complexity index is 748. The van der Waals surface area contributed by atoms with Crippen molar-refractivity contribution in [3.05, 3.63) is 23.8 Å². The molecule has 0 saturated carbocycles. The van der Waals surface area contributed by atoms with Gasteiger partial charge in [-0.1, -0.05) is 11.8 Å². The highest BCUT2D eigenvalue weighted by Crippen LogP contribution is 2.24. The van der Waals surface area contributed by atoms with Crippen molar-refractivity contribution in [1.29, 1.82) is 5.26 Å². The fraction of sp³-hybridized carbons (Fsp3) is 0.231. The van der Waals surface area contributed by atoms with Gasteiger partial charge in [-0.15, -0.1) is 0 Å². The first-order chi connectivity index (χ1) is 10.0. The lowest BCUT2D eigenvalue weighted by Crippen LogP contribution is -2.23. The Labute approximate surface area is 124 Å². The van der Waals surface area contributed by atoms with Crippen LogP contribution in [0.4, 0.5) is 0 Å². The number of benzene rings is 1. The Hall–Kier alpha value is -2.53. The molecule has 0 spiro atoms. The van der Waals surface area contributed by atoms with Gasteiger partial charge >= 0.3 is 5.97 Å². The van der Waals surface area contributed by atoms with Crippen molar-refractivity contribution < 1.29 is 14.7 Å². The quantitative estimate of drug-likeness (QED) is 0.792. The molecule has 2 aromatic rings. The highest BCUT2D eigenvalue weighted by molar-refractivity contribution is 7.99. The molecular weight excluding hydrogens is 292 g/mol. The minimum Gasteiger partial charge on any atom is -0.481 e. The topological polar surface area (TPSA) is 108 Å². The first-order valence-corrected chi connectivity index (χ1v) is 6.99. The van der Waals surface area contributed by atoms with E-state index in [-0.39, 0.29) is 18.2 Å². The fourth-order valence-corrected chi connectivity index (χ4v) is 2.52. The van der Waals surface area contributed by atoms with Crippen LogP contribution in [0.1, 0.15) is 5.56 Å². The van der Waals surface area contributed by atoms with Gasteiger partial charge in [-0.05, 0) is 18.2 Å². The van der Waals surface area contributed by atoms with E-state index < -0.39 is 5.97 Å². The number of thioether (sulfide) groups is 1. The second-order valence-corrected chi connectivity index (χ2v) is 5.09. The number of hydrogen-bond acceptors (Lipinski definition) is 5. The molecule has 2 rings (SSSR count). The van der Waals surface area contributed by atoms with Crippen LogP contribution in [0.5, 0.6) is 0 Å². The predicted octanol–water partition coefficient (Wildman–Crippen LogP) is 0.831. The third-order valence-electron chi connectivity index (χ3n) is 2.75. The summed E-state index contributed by atoms with van der Waals surface area (Å²) in [6.07, 6.45) is 0. The van der Waals surface area contributed by atoms with Crippen LogP contribution >= 0.6 is 11.8 Å². The van der Waals surface area contributed by atoms with Crippen molar-refractivity contribution in [3.63, 3.8) is 0 Å². The van der Waals surface area contributed by atoms with E-state index in [0.29, 0.717) is 21.8 Å². The number of carbonyl (C=O) groups is 2. The maximum Gasteiger partial charge on any atom is 0.313 e. The number of fused-ring (bicyclic) bond motifs is 1. The van der Waals surface area contributed by atoms with Crippen molar-refractivity contribution in [3.8, 4) is 6.07 Å². The number of nitriles is 1. The maximum atomic E-state index is 11.6. The highest BCUT2D eigenvalue weighted by Gasteiger charge is 2.15. The lowest BCUT2D eigenvalue weighted by molar-refractivity contribution is -0.133. The van der Waals surface area contributed by atoms with Gasteiger partial charge in [-0.25, -0.2) is 4.98 Å². The molecule has 1 heterocycles. The van der Waals surface area contributed by atoms with E-state index in [2.05, 4.69) is 10.3 Å². The highest BCUT2D eigenvalue weighted by atomic mass is 32.2. The molecule has 0 radical (unpaired) electrons. The largest absolute Gasteiger partial charge is 0.481 e. The molecule has 0 aliphatic carbocycles. The second-order valence-electron chi connectivity index (χ2n) is 4.15. The lowest BCUT2D eigenvalue weighted by Gasteiger charge is -2.07. The Kier molecular flexibility index (Phi) is 4.45. The molecule has 0 aliphatic rings. The number of carbonyl (C=O) groups excluding carboxylic acids is 1. The normalized spacial score (nSPS) is 10.3. The molecule has 1 aromatic carbocycles. The van der Waals surface area contributed by atoms with Gasteiger partial charge in [0.15, 0.2) is 5.16 Å². The monoisotopic (exact) mass is 304 g/mol.